The van der Waals surface area contributed by atoms with E-state index in [0.717, 1.165) is 5.69 Å². The Bertz CT molecular complexity index is 365. The molecule has 1 rings (SSSR count). The Morgan fingerprint density at radius 3 is 2.32 bits per heavy atom. The van der Waals surface area contributed by atoms with E-state index in [2.05, 4.69) is 5.32 Å². The van der Waals surface area contributed by atoms with Gasteiger partial charge in [0, 0.05) is 23.8 Å². The molecule has 1 aromatic rings. The first-order valence-electron chi connectivity index (χ1n) is 6.19. The molecule has 0 aliphatic carbocycles. The monoisotopic (exact) mass is 294 g/mol. The van der Waals surface area contributed by atoms with Gasteiger partial charge in [-0.3, -0.25) is 4.90 Å². The number of rotatable bonds is 7. The van der Waals surface area contributed by atoms with Crippen LogP contribution in [0.3, 0.4) is 0 Å². The normalized spacial score (nSPS) is 11.9. The van der Waals surface area contributed by atoms with Gasteiger partial charge in [-0.1, -0.05) is 18.5 Å². The maximum Gasteiger partial charge on any atom is 0.401 e. The van der Waals surface area contributed by atoms with E-state index in [4.69, 9.17) is 11.6 Å². The summed E-state index contributed by atoms with van der Waals surface area (Å²) in [5, 5.41) is 3.71. The zero-order valence-corrected chi connectivity index (χ0v) is 11.6. The summed E-state index contributed by atoms with van der Waals surface area (Å²) in [6.45, 7) is 2.29. The van der Waals surface area contributed by atoms with E-state index in [-0.39, 0.29) is 0 Å². The second-order valence-electron chi connectivity index (χ2n) is 4.32. The summed E-state index contributed by atoms with van der Waals surface area (Å²) in [5.74, 6) is 0. The van der Waals surface area contributed by atoms with Gasteiger partial charge in [0.2, 0.25) is 0 Å². The van der Waals surface area contributed by atoms with E-state index in [1.165, 1.54) is 4.90 Å². The van der Waals surface area contributed by atoms with Crippen LogP contribution >= 0.6 is 11.6 Å². The number of hydrogen-bond acceptors (Lipinski definition) is 2. The fraction of sp³-hybridized carbons (Fsp3) is 0.538. The largest absolute Gasteiger partial charge is 0.401 e. The average molecular weight is 295 g/mol. The van der Waals surface area contributed by atoms with Crippen molar-refractivity contribution < 1.29 is 13.2 Å². The molecule has 0 fully saturated rings. The zero-order chi connectivity index (χ0) is 14.3. The molecule has 0 aliphatic rings. The van der Waals surface area contributed by atoms with E-state index in [0.29, 0.717) is 31.1 Å². The van der Waals surface area contributed by atoms with Crippen LogP contribution in [-0.2, 0) is 0 Å². The van der Waals surface area contributed by atoms with Crippen LogP contribution in [0.2, 0.25) is 5.02 Å². The predicted octanol–water partition coefficient (Wildman–Crippen LogP) is 4.03. The minimum Gasteiger partial charge on any atom is -0.384 e. The standard InChI is InChI=1S/C13H18ClF3N2/c1-2-8-19(10-13(15,16)17)9-7-18-12-5-3-11(14)4-6-12/h3-6,18H,2,7-10H2,1H3. The molecule has 6 heteroatoms. The lowest BCUT2D eigenvalue weighted by atomic mass is 10.3. The van der Waals surface area contributed by atoms with Crippen molar-refractivity contribution in [3.63, 3.8) is 0 Å². The summed E-state index contributed by atoms with van der Waals surface area (Å²) in [5.41, 5.74) is 0.854. The number of anilines is 1. The van der Waals surface area contributed by atoms with Gasteiger partial charge in [-0.25, -0.2) is 0 Å². The SMILES string of the molecule is CCCN(CCNc1ccc(Cl)cc1)CC(F)(F)F. The van der Waals surface area contributed by atoms with Gasteiger partial charge in [0.1, 0.15) is 0 Å². The van der Waals surface area contributed by atoms with Crippen molar-refractivity contribution in [3.05, 3.63) is 29.3 Å². The van der Waals surface area contributed by atoms with Crippen molar-refractivity contribution >= 4 is 17.3 Å². The smallest absolute Gasteiger partial charge is 0.384 e. The molecule has 0 amide bonds. The lowest BCUT2D eigenvalue weighted by molar-refractivity contribution is -0.145. The molecular formula is C13H18ClF3N2. The molecule has 0 radical (unpaired) electrons. The third-order valence-electron chi connectivity index (χ3n) is 2.54. The van der Waals surface area contributed by atoms with Gasteiger partial charge in [0.25, 0.3) is 0 Å². The topological polar surface area (TPSA) is 15.3 Å². The fourth-order valence-corrected chi connectivity index (χ4v) is 1.89. The third-order valence-corrected chi connectivity index (χ3v) is 2.80. The molecule has 1 N–H and O–H groups in total. The van der Waals surface area contributed by atoms with Gasteiger partial charge >= 0.3 is 6.18 Å². The quantitative estimate of drug-likeness (QED) is 0.817. The van der Waals surface area contributed by atoms with E-state index >= 15 is 0 Å². The summed E-state index contributed by atoms with van der Waals surface area (Å²) in [6.07, 6.45) is -3.44. The van der Waals surface area contributed by atoms with Crippen molar-refractivity contribution in [2.75, 3.05) is 31.5 Å². The lowest BCUT2D eigenvalue weighted by Gasteiger charge is -2.23. The molecule has 0 saturated carbocycles. The van der Waals surface area contributed by atoms with Gasteiger partial charge in [-0.2, -0.15) is 13.2 Å². The molecule has 0 heterocycles. The van der Waals surface area contributed by atoms with Crippen LogP contribution in [0.1, 0.15) is 13.3 Å². The van der Waals surface area contributed by atoms with E-state index in [9.17, 15) is 13.2 Å². The Morgan fingerprint density at radius 2 is 1.79 bits per heavy atom. The summed E-state index contributed by atoms with van der Waals surface area (Å²) < 4.78 is 37.0. The number of halogens is 4. The molecule has 2 nitrogen and oxygen atoms in total. The molecule has 0 unspecified atom stereocenters. The van der Waals surface area contributed by atoms with Gasteiger partial charge < -0.3 is 5.32 Å². The van der Waals surface area contributed by atoms with Crippen molar-refractivity contribution in [1.82, 2.24) is 4.90 Å². The van der Waals surface area contributed by atoms with Gasteiger partial charge in [0.05, 0.1) is 6.54 Å². The van der Waals surface area contributed by atoms with Crippen molar-refractivity contribution in [1.29, 1.82) is 0 Å². The first kappa shape index (κ1) is 16.1. The Labute approximate surface area is 116 Å². The molecule has 1 aromatic carbocycles. The predicted molar refractivity (Wildman–Crippen MR) is 72.7 cm³/mol. The number of hydrogen-bond donors (Lipinski definition) is 1. The maximum absolute atomic E-state index is 12.3. The summed E-state index contributed by atoms with van der Waals surface area (Å²) >= 11 is 5.75. The highest BCUT2D eigenvalue weighted by atomic mass is 35.5. The van der Waals surface area contributed by atoms with Crippen LogP contribution in [0.25, 0.3) is 0 Å². The summed E-state index contributed by atoms with van der Waals surface area (Å²) in [4.78, 5) is 1.41. The fourth-order valence-electron chi connectivity index (χ4n) is 1.77. The molecule has 0 atom stereocenters. The Kier molecular flexibility index (Phi) is 6.45. The molecule has 0 bridgehead atoms. The molecule has 0 saturated heterocycles. The molecular weight excluding hydrogens is 277 g/mol. The Morgan fingerprint density at radius 1 is 1.16 bits per heavy atom. The Balaban J connectivity index is 2.37. The van der Waals surface area contributed by atoms with Crippen LogP contribution in [0.15, 0.2) is 24.3 Å². The summed E-state index contributed by atoms with van der Waals surface area (Å²) in [7, 11) is 0. The molecule has 19 heavy (non-hydrogen) atoms. The van der Waals surface area contributed by atoms with E-state index in [1.54, 1.807) is 24.3 Å². The van der Waals surface area contributed by atoms with Crippen LogP contribution in [0.5, 0.6) is 0 Å². The highest BCUT2D eigenvalue weighted by molar-refractivity contribution is 6.30. The number of nitrogens with zero attached hydrogens (tertiary/aromatic N) is 1. The maximum atomic E-state index is 12.3. The number of benzene rings is 1. The molecule has 0 spiro atoms. The molecule has 0 aliphatic heterocycles. The summed E-state index contributed by atoms with van der Waals surface area (Å²) in [6, 6.07) is 7.08. The van der Waals surface area contributed by atoms with Gasteiger partial charge in [-0.15, -0.1) is 0 Å². The van der Waals surface area contributed by atoms with Crippen molar-refractivity contribution in [3.8, 4) is 0 Å². The van der Waals surface area contributed by atoms with E-state index in [1.807, 2.05) is 6.92 Å². The number of alkyl halides is 3. The van der Waals surface area contributed by atoms with Crippen molar-refractivity contribution in [2.24, 2.45) is 0 Å². The van der Waals surface area contributed by atoms with Crippen LogP contribution in [-0.4, -0.2) is 37.3 Å². The zero-order valence-electron chi connectivity index (χ0n) is 10.8. The van der Waals surface area contributed by atoms with E-state index < -0.39 is 12.7 Å². The first-order valence-corrected chi connectivity index (χ1v) is 6.57. The second kappa shape index (κ2) is 7.60. The molecule has 0 aromatic heterocycles. The van der Waals surface area contributed by atoms with Gasteiger partial charge in [-0.05, 0) is 37.2 Å². The average Bonchev–Trinajstić information content (AvgIpc) is 2.30. The van der Waals surface area contributed by atoms with Crippen LogP contribution in [0, 0.1) is 0 Å². The second-order valence-corrected chi connectivity index (χ2v) is 4.76. The highest BCUT2D eigenvalue weighted by Gasteiger charge is 2.29. The third kappa shape index (κ3) is 7.28. The first-order chi connectivity index (χ1) is 8.90. The van der Waals surface area contributed by atoms with Crippen LogP contribution in [0.4, 0.5) is 18.9 Å². The Hall–Kier alpha value is -0.940. The molecule has 108 valence electrons. The van der Waals surface area contributed by atoms with Crippen molar-refractivity contribution in [2.45, 2.75) is 19.5 Å². The highest BCUT2D eigenvalue weighted by Crippen LogP contribution is 2.17. The van der Waals surface area contributed by atoms with Gasteiger partial charge in [0.15, 0.2) is 0 Å². The minimum atomic E-state index is -4.14. The number of nitrogens with one attached hydrogen (secondary N) is 1. The minimum absolute atomic E-state index is 0.357. The van der Waals surface area contributed by atoms with Crippen LogP contribution < -0.4 is 5.32 Å². The lowest BCUT2D eigenvalue weighted by Crippen LogP contribution is -2.37.